The highest BCUT2D eigenvalue weighted by Crippen LogP contribution is 2.30. The van der Waals surface area contributed by atoms with Gasteiger partial charge in [0.25, 0.3) is 5.69 Å². The Hall–Kier alpha value is -2.76. The van der Waals surface area contributed by atoms with Gasteiger partial charge < -0.3 is 4.74 Å². The summed E-state index contributed by atoms with van der Waals surface area (Å²) in [7, 11) is 0. The van der Waals surface area contributed by atoms with Crippen LogP contribution in [-0.4, -0.2) is 15.7 Å². The fourth-order valence-corrected chi connectivity index (χ4v) is 1.67. The van der Waals surface area contributed by atoms with Crippen LogP contribution in [0.15, 0.2) is 36.5 Å². The normalized spacial score (nSPS) is 10.1. The molecule has 0 unspecified atom stereocenters. The molecule has 0 radical (unpaired) electrons. The minimum absolute atomic E-state index is 0.0112. The molecule has 1 aromatic carbocycles. The van der Waals surface area contributed by atoms with Crippen LogP contribution in [0, 0.1) is 17.0 Å². The van der Waals surface area contributed by atoms with Crippen LogP contribution in [0.25, 0.3) is 0 Å². The van der Waals surface area contributed by atoms with Crippen LogP contribution in [0.3, 0.4) is 0 Å². The lowest BCUT2D eigenvalue weighted by Gasteiger charge is -2.08. The van der Waals surface area contributed by atoms with Crippen molar-refractivity contribution >= 4 is 11.5 Å². The van der Waals surface area contributed by atoms with Crippen molar-refractivity contribution in [2.24, 2.45) is 0 Å². The molecule has 0 aliphatic rings. The fourth-order valence-electron chi connectivity index (χ4n) is 1.67. The molecule has 0 spiro atoms. The number of aromatic nitrogens is 1. The second-order valence-electron chi connectivity index (χ2n) is 4.20. The largest absolute Gasteiger partial charge is 0.439 e. The first-order valence-electron chi connectivity index (χ1n) is 5.88. The number of ketones is 1. The minimum Gasteiger partial charge on any atom is -0.439 e. The van der Waals surface area contributed by atoms with Gasteiger partial charge in [0.1, 0.15) is 5.75 Å². The van der Waals surface area contributed by atoms with Crippen molar-refractivity contribution in [2.45, 2.75) is 13.8 Å². The third-order valence-electron chi connectivity index (χ3n) is 2.81. The molecular weight excluding hydrogens is 260 g/mol. The number of nitrogens with zero attached hydrogens (tertiary/aromatic N) is 2. The molecule has 6 nitrogen and oxygen atoms in total. The fraction of sp³-hybridized carbons (Fsp3) is 0.143. The predicted octanol–water partition coefficient (Wildman–Crippen LogP) is 3.29. The molecule has 1 aromatic heterocycles. The van der Waals surface area contributed by atoms with Gasteiger partial charge >= 0.3 is 0 Å². The van der Waals surface area contributed by atoms with E-state index in [2.05, 4.69) is 4.98 Å². The summed E-state index contributed by atoms with van der Waals surface area (Å²) in [5, 5.41) is 10.8. The Labute approximate surface area is 115 Å². The van der Waals surface area contributed by atoms with E-state index in [9.17, 15) is 14.9 Å². The lowest BCUT2D eigenvalue weighted by atomic mass is 10.2. The van der Waals surface area contributed by atoms with Gasteiger partial charge in [0.2, 0.25) is 5.88 Å². The zero-order valence-corrected chi connectivity index (χ0v) is 11.0. The molecule has 1 heterocycles. The summed E-state index contributed by atoms with van der Waals surface area (Å²) >= 11 is 0. The zero-order valence-electron chi connectivity index (χ0n) is 11.0. The number of benzene rings is 1. The molecular formula is C14H12N2O4. The summed E-state index contributed by atoms with van der Waals surface area (Å²) in [5.74, 6) is 0.552. The van der Waals surface area contributed by atoms with E-state index in [0.717, 1.165) is 0 Å². The molecule has 0 saturated carbocycles. The molecule has 0 bridgehead atoms. The van der Waals surface area contributed by atoms with Gasteiger partial charge in [-0.05, 0) is 26.0 Å². The van der Waals surface area contributed by atoms with Crippen molar-refractivity contribution in [3.8, 4) is 11.6 Å². The lowest BCUT2D eigenvalue weighted by Crippen LogP contribution is -1.97. The Morgan fingerprint density at radius 2 is 2.05 bits per heavy atom. The minimum atomic E-state index is -0.464. The van der Waals surface area contributed by atoms with Gasteiger partial charge in [0, 0.05) is 23.9 Å². The van der Waals surface area contributed by atoms with Crippen molar-refractivity contribution in [2.75, 3.05) is 0 Å². The Morgan fingerprint density at radius 3 is 2.60 bits per heavy atom. The number of hydrogen-bond donors (Lipinski definition) is 0. The highest BCUT2D eigenvalue weighted by molar-refractivity contribution is 5.93. The molecule has 2 aromatic rings. The van der Waals surface area contributed by atoms with Crippen LogP contribution >= 0.6 is 0 Å². The van der Waals surface area contributed by atoms with E-state index in [1.54, 1.807) is 31.2 Å². The smallest absolute Gasteiger partial charge is 0.276 e. The number of pyridine rings is 1. The first-order chi connectivity index (χ1) is 9.49. The van der Waals surface area contributed by atoms with Gasteiger partial charge in [-0.1, -0.05) is 6.07 Å². The second-order valence-corrected chi connectivity index (χ2v) is 4.20. The van der Waals surface area contributed by atoms with Gasteiger partial charge in [-0.25, -0.2) is 4.98 Å². The average molecular weight is 272 g/mol. The predicted molar refractivity (Wildman–Crippen MR) is 72.1 cm³/mol. The highest BCUT2D eigenvalue weighted by atomic mass is 16.6. The molecule has 0 aliphatic carbocycles. The van der Waals surface area contributed by atoms with Crippen molar-refractivity contribution in [3.63, 3.8) is 0 Å². The SMILES string of the molecule is CC(=O)c1ccc(Oc2cccc([N+](=O)[O-])c2C)nc1. The number of carbonyl (C=O) groups excluding carboxylic acids is 1. The van der Waals surface area contributed by atoms with Crippen molar-refractivity contribution < 1.29 is 14.5 Å². The molecule has 0 atom stereocenters. The van der Waals surface area contributed by atoms with Crippen LogP contribution in [0.1, 0.15) is 22.8 Å². The van der Waals surface area contributed by atoms with E-state index >= 15 is 0 Å². The summed E-state index contributed by atoms with van der Waals surface area (Å²) < 4.78 is 5.51. The number of rotatable bonds is 4. The standard InChI is InChI=1S/C14H12N2O4/c1-9-12(16(18)19)4-3-5-13(9)20-14-7-6-11(8-15-14)10(2)17/h3-8H,1-2H3. The van der Waals surface area contributed by atoms with Crippen LogP contribution in [0.5, 0.6) is 11.6 Å². The van der Waals surface area contributed by atoms with Crippen LogP contribution < -0.4 is 4.74 Å². The molecule has 0 aliphatic heterocycles. The van der Waals surface area contributed by atoms with Crippen LogP contribution in [0.4, 0.5) is 5.69 Å². The molecule has 0 amide bonds. The Balaban J connectivity index is 2.28. The maximum atomic E-state index is 11.1. The van der Waals surface area contributed by atoms with E-state index in [-0.39, 0.29) is 17.4 Å². The number of hydrogen-bond acceptors (Lipinski definition) is 5. The van der Waals surface area contributed by atoms with E-state index in [0.29, 0.717) is 16.9 Å². The number of ether oxygens (including phenoxy) is 1. The van der Waals surface area contributed by atoms with Crippen molar-refractivity contribution in [3.05, 3.63) is 57.8 Å². The van der Waals surface area contributed by atoms with Gasteiger partial charge in [-0.3, -0.25) is 14.9 Å². The third kappa shape index (κ3) is 2.80. The zero-order chi connectivity index (χ0) is 14.7. The molecule has 2 rings (SSSR count). The molecule has 102 valence electrons. The molecule has 0 saturated heterocycles. The van der Waals surface area contributed by atoms with Gasteiger partial charge in [0.15, 0.2) is 5.78 Å². The van der Waals surface area contributed by atoms with Crippen LogP contribution in [-0.2, 0) is 0 Å². The van der Waals surface area contributed by atoms with E-state index in [1.165, 1.54) is 19.2 Å². The second kappa shape index (κ2) is 5.48. The Morgan fingerprint density at radius 1 is 1.30 bits per heavy atom. The first-order valence-corrected chi connectivity index (χ1v) is 5.88. The number of nitro benzene ring substituents is 1. The topological polar surface area (TPSA) is 82.3 Å². The van der Waals surface area contributed by atoms with E-state index in [4.69, 9.17) is 4.74 Å². The number of Topliss-reactive ketones (excluding diaryl/α,β-unsaturated/α-hetero) is 1. The average Bonchev–Trinajstić information content (AvgIpc) is 2.41. The van der Waals surface area contributed by atoms with E-state index in [1.807, 2.05) is 0 Å². The maximum absolute atomic E-state index is 11.1. The highest BCUT2D eigenvalue weighted by Gasteiger charge is 2.15. The van der Waals surface area contributed by atoms with Gasteiger partial charge in [-0.15, -0.1) is 0 Å². The summed E-state index contributed by atoms with van der Waals surface area (Å²) in [6.45, 7) is 3.06. The molecule has 0 N–H and O–H groups in total. The summed E-state index contributed by atoms with van der Waals surface area (Å²) in [4.78, 5) is 25.5. The molecule has 0 fully saturated rings. The summed E-state index contributed by atoms with van der Waals surface area (Å²) in [6, 6.07) is 7.73. The quantitative estimate of drug-likeness (QED) is 0.484. The molecule has 20 heavy (non-hydrogen) atoms. The monoisotopic (exact) mass is 272 g/mol. The van der Waals surface area contributed by atoms with Gasteiger partial charge in [0.05, 0.1) is 10.5 Å². The van der Waals surface area contributed by atoms with Crippen LogP contribution in [0.2, 0.25) is 0 Å². The number of nitro groups is 1. The summed E-state index contributed by atoms with van der Waals surface area (Å²) in [5.41, 5.74) is 0.894. The van der Waals surface area contributed by atoms with Crippen molar-refractivity contribution in [1.82, 2.24) is 4.98 Å². The Kier molecular flexibility index (Phi) is 3.74. The summed E-state index contributed by atoms with van der Waals surface area (Å²) in [6.07, 6.45) is 1.41. The lowest BCUT2D eigenvalue weighted by molar-refractivity contribution is -0.385. The van der Waals surface area contributed by atoms with E-state index < -0.39 is 4.92 Å². The third-order valence-corrected chi connectivity index (χ3v) is 2.81. The van der Waals surface area contributed by atoms with Crippen molar-refractivity contribution in [1.29, 1.82) is 0 Å². The maximum Gasteiger partial charge on any atom is 0.276 e. The number of carbonyl (C=O) groups is 1. The Bertz CT molecular complexity index is 665. The molecule has 6 heteroatoms. The van der Waals surface area contributed by atoms with Gasteiger partial charge in [-0.2, -0.15) is 0 Å². The first kappa shape index (κ1) is 13.7.